The molecule has 0 unspecified atom stereocenters. The number of amides is 10. The van der Waals surface area contributed by atoms with Crippen molar-refractivity contribution in [1.29, 1.82) is 0 Å². The Hall–Kier alpha value is -10.2. The number of imide groups is 1. The highest BCUT2D eigenvalue weighted by molar-refractivity contribution is 6.13. The first-order valence-corrected chi connectivity index (χ1v) is 36.2. The average molecular weight is 1500 g/mol. The van der Waals surface area contributed by atoms with Gasteiger partial charge in [-0.2, -0.15) is 0 Å². The molecule has 32 nitrogen and oxygen atoms in total. The lowest BCUT2D eigenvalue weighted by atomic mass is 10.0. The maximum absolute atomic E-state index is 13.6. The van der Waals surface area contributed by atoms with E-state index in [4.69, 9.17) is 47.4 Å². The summed E-state index contributed by atoms with van der Waals surface area (Å²) in [6.07, 6.45) is 11.1. The number of hydrogen-bond donors (Lipinski definition) is 7. The van der Waals surface area contributed by atoms with Crippen molar-refractivity contribution in [2.24, 2.45) is 25.0 Å². The summed E-state index contributed by atoms with van der Waals surface area (Å²) in [5, 5.41) is 19.5. The quantitative estimate of drug-likeness (QED) is 0.0184. The number of carbonyl (C=O) groups excluding carboxylic acids is 10. The van der Waals surface area contributed by atoms with Crippen molar-refractivity contribution >= 4 is 93.7 Å². The van der Waals surface area contributed by atoms with Gasteiger partial charge in [0.05, 0.1) is 142 Å². The maximum atomic E-state index is 13.6. The SMILES string of the molecule is COc1cc2c(cc1OCCCC(=O)Nc1cc(C(=O)Nc3ccc(-c4cc(C(=O)Nc5ccc(NC(=O)[C@H](C)NC(=O)[C@@H](NC(=O)CCOCCOCCOCCOCCOCCOCCOCCOCCNC(=O)CCN6C(=O)C=CC6=O)C(C)C)cc5)n(C)c4)cc3)n(C)c1)N=C[C@@H]1CCCCN1C2=O. The molecule has 3 aliphatic rings. The van der Waals surface area contributed by atoms with Gasteiger partial charge < -0.3 is 98.6 Å². The minimum atomic E-state index is -0.970. The molecule has 3 aromatic carbocycles. The summed E-state index contributed by atoms with van der Waals surface area (Å²) in [4.78, 5) is 135. The summed E-state index contributed by atoms with van der Waals surface area (Å²) >= 11 is 0. The number of anilines is 4. The molecule has 0 radical (unpaired) electrons. The molecule has 5 heterocycles. The normalized spacial score (nSPS) is 14.4. The zero-order chi connectivity index (χ0) is 77.2. The van der Waals surface area contributed by atoms with E-state index in [0.717, 1.165) is 35.3 Å². The van der Waals surface area contributed by atoms with Crippen molar-refractivity contribution in [3.8, 4) is 22.6 Å². The van der Waals surface area contributed by atoms with Crippen molar-refractivity contribution in [1.82, 2.24) is 34.9 Å². The Balaban J connectivity index is 0.614. The highest BCUT2D eigenvalue weighted by atomic mass is 16.6. The lowest BCUT2D eigenvalue weighted by molar-refractivity contribution is -0.137. The van der Waals surface area contributed by atoms with Gasteiger partial charge in [0, 0.05) is 112 Å². The number of rotatable bonds is 48. The number of hydrogen-bond acceptors (Lipinski definition) is 21. The van der Waals surface area contributed by atoms with Crippen LogP contribution in [0.3, 0.4) is 0 Å². The molecule has 1 fully saturated rings. The zero-order valence-electron chi connectivity index (χ0n) is 62.1. The second kappa shape index (κ2) is 44.2. The van der Waals surface area contributed by atoms with Gasteiger partial charge in [0.25, 0.3) is 29.5 Å². The third-order valence-electron chi connectivity index (χ3n) is 17.3. The molecule has 3 aliphatic heterocycles. The van der Waals surface area contributed by atoms with Crippen LogP contribution in [0.4, 0.5) is 28.4 Å². The van der Waals surface area contributed by atoms with Gasteiger partial charge in [-0.3, -0.25) is 57.8 Å². The van der Waals surface area contributed by atoms with Crippen LogP contribution in [-0.2, 0) is 85.6 Å². The first-order valence-electron chi connectivity index (χ1n) is 36.2. The zero-order valence-corrected chi connectivity index (χ0v) is 62.1. The Kier molecular flexibility index (Phi) is 34.1. The number of ether oxygens (including phenoxy) is 10. The van der Waals surface area contributed by atoms with E-state index in [2.05, 4.69) is 42.2 Å². The van der Waals surface area contributed by atoms with Crippen LogP contribution in [0, 0.1) is 5.92 Å². The number of aromatic nitrogens is 2. The Bertz CT molecular complexity index is 3880. The number of methoxy groups -OCH3 is 1. The van der Waals surface area contributed by atoms with E-state index in [0.29, 0.717) is 162 Å². The molecule has 32 heteroatoms. The molecule has 2 aromatic heterocycles. The molecule has 0 saturated carbocycles. The van der Waals surface area contributed by atoms with E-state index in [1.165, 1.54) is 26.2 Å². The Morgan fingerprint density at radius 3 is 1.63 bits per heavy atom. The summed E-state index contributed by atoms with van der Waals surface area (Å²) in [5.41, 5.74) is 5.07. The second-order valence-electron chi connectivity index (χ2n) is 25.8. The number of aryl methyl sites for hydroxylation is 2. The van der Waals surface area contributed by atoms with Crippen molar-refractivity contribution in [3.63, 3.8) is 0 Å². The van der Waals surface area contributed by atoms with Crippen LogP contribution in [0.1, 0.15) is 97.1 Å². The first kappa shape index (κ1) is 83.4. The van der Waals surface area contributed by atoms with Crippen LogP contribution in [0.5, 0.6) is 11.5 Å². The van der Waals surface area contributed by atoms with E-state index in [1.807, 2.05) is 29.4 Å². The van der Waals surface area contributed by atoms with Crippen molar-refractivity contribution in [2.75, 3.05) is 160 Å². The molecule has 0 spiro atoms. The molecule has 7 N–H and O–H groups in total. The predicted octanol–water partition coefficient (Wildman–Crippen LogP) is 5.59. The minimum Gasteiger partial charge on any atom is -0.493 e. The third kappa shape index (κ3) is 26.9. The van der Waals surface area contributed by atoms with Crippen molar-refractivity contribution in [2.45, 2.75) is 83.8 Å². The molecule has 3 atom stereocenters. The van der Waals surface area contributed by atoms with Gasteiger partial charge in [-0.15, -0.1) is 0 Å². The van der Waals surface area contributed by atoms with Gasteiger partial charge in [0.1, 0.15) is 23.5 Å². The highest BCUT2D eigenvalue weighted by Crippen LogP contribution is 2.38. The van der Waals surface area contributed by atoms with E-state index in [1.54, 1.807) is 104 Å². The summed E-state index contributed by atoms with van der Waals surface area (Å²) in [5.74, 6) is -3.12. The van der Waals surface area contributed by atoms with E-state index in [9.17, 15) is 47.9 Å². The summed E-state index contributed by atoms with van der Waals surface area (Å²) < 4.78 is 58.9. The number of piperidine rings is 1. The largest absolute Gasteiger partial charge is 0.493 e. The Labute approximate surface area is 627 Å². The van der Waals surface area contributed by atoms with Crippen molar-refractivity contribution in [3.05, 3.63) is 114 Å². The topological polar surface area (TPSA) is 376 Å². The molecule has 10 amide bonds. The fourth-order valence-corrected chi connectivity index (χ4v) is 11.4. The van der Waals surface area contributed by atoms with E-state index < -0.39 is 47.5 Å². The monoisotopic (exact) mass is 1500 g/mol. The molecule has 584 valence electrons. The summed E-state index contributed by atoms with van der Waals surface area (Å²) in [7, 11) is 4.97. The molecular formula is C76H100N12O20. The smallest absolute Gasteiger partial charge is 0.272 e. The van der Waals surface area contributed by atoms with Gasteiger partial charge in [-0.05, 0) is 98.7 Å². The number of nitrogens with one attached hydrogen (secondary N) is 7. The number of aliphatic imine (C=N–C) groups is 1. The van der Waals surface area contributed by atoms with Crippen molar-refractivity contribution < 1.29 is 95.3 Å². The molecule has 0 aliphatic carbocycles. The Morgan fingerprint density at radius 1 is 0.519 bits per heavy atom. The number of benzene rings is 3. The van der Waals surface area contributed by atoms with Gasteiger partial charge >= 0.3 is 0 Å². The Morgan fingerprint density at radius 2 is 1.06 bits per heavy atom. The van der Waals surface area contributed by atoms with Crippen LogP contribution in [0.25, 0.3) is 11.1 Å². The van der Waals surface area contributed by atoms with Crippen LogP contribution < -0.4 is 46.7 Å². The van der Waals surface area contributed by atoms with Gasteiger partial charge in [-0.1, -0.05) is 26.0 Å². The van der Waals surface area contributed by atoms with Gasteiger partial charge in [0.2, 0.25) is 29.5 Å². The summed E-state index contributed by atoms with van der Waals surface area (Å²) in [6, 6.07) is 18.4. The molecule has 8 rings (SSSR count). The summed E-state index contributed by atoms with van der Waals surface area (Å²) in [6.45, 7) is 11.8. The number of nitrogens with zero attached hydrogens (tertiary/aromatic N) is 5. The lowest BCUT2D eigenvalue weighted by Gasteiger charge is -2.32. The molecule has 108 heavy (non-hydrogen) atoms. The number of carbonyl (C=O) groups is 10. The van der Waals surface area contributed by atoms with E-state index in [-0.39, 0.29) is 87.8 Å². The fourth-order valence-electron chi connectivity index (χ4n) is 11.4. The lowest BCUT2D eigenvalue weighted by Crippen LogP contribution is -2.53. The average Bonchev–Trinajstić information content (AvgIpc) is 1.64. The standard InChI is InChI=1S/C76H100N12O20/c1-51(2)71(84-68(91)23-28-100-30-32-102-34-36-104-38-40-106-42-43-107-41-39-105-37-35-103-33-31-101-29-24-77-66(89)22-26-88-69(92)20-21-70(88)93)75(97)79-52(3)72(94)81-56-16-18-57(19-17-56)83-73(95)62-44-54(49-85(62)4)53-12-14-55(15-13-53)82-74(96)63-45-58(50-86(63)5)80-67(90)11-9-27-108-65-47-61-60(46-64(65)99-6)76(98)87-25-8-7-10-59(87)48-78-61/h12-21,44-52,59,71H,7-11,22-43H2,1-6H3,(H,77,89)(H,79,97)(H,80,90)(H,81,94)(H,82,96)(H,83,95)(H,84,91)/t52-,59-,71-/m0/s1. The second-order valence-corrected chi connectivity index (χ2v) is 25.8. The van der Waals surface area contributed by atoms with Crippen LogP contribution in [0.2, 0.25) is 0 Å². The molecule has 5 aromatic rings. The first-order chi connectivity index (χ1) is 52.2. The van der Waals surface area contributed by atoms with E-state index >= 15 is 0 Å². The molecule has 1 saturated heterocycles. The fraction of sp³-hybridized carbons (Fsp3) is 0.487. The predicted molar refractivity (Wildman–Crippen MR) is 399 cm³/mol. The minimum absolute atomic E-state index is 0.000668. The molecule has 0 bridgehead atoms. The maximum Gasteiger partial charge on any atom is 0.272 e. The van der Waals surface area contributed by atoms with Crippen LogP contribution in [0.15, 0.2) is 102 Å². The van der Waals surface area contributed by atoms with Gasteiger partial charge in [0.15, 0.2) is 11.5 Å². The number of fused-ring (bicyclic) bond motifs is 2. The van der Waals surface area contributed by atoms with Crippen LogP contribution in [-0.4, -0.2) is 241 Å². The van der Waals surface area contributed by atoms with Gasteiger partial charge in [-0.25, -0.2) is 0 Å². The highest BCUT2D eigenvalue weighted by Gasteiger charge is 2.32. The third-order valence-corrected chi connectivity index (χ3v) is 17.3. The molecular weight excluding hydrogens is 1400 g/mol. The van der Waals surface area contributed by atoms with Crippen LogP contribution >= 0.6 is 0 Å².